The summed E-state index contributed by atoms with van der Waals surface area (Å²) in [7, 11) is -0.852. The van der Waals surface area contributed by atoms with E-state index in [1.807, 2.05) is 27.7 Å². The van der Waals surface area contributed by atoms with Crippen LogP contribution in [0, 0.1) is 11.6 Å². The van der Waals surface area contributed by atoms with Crippen molar-refractivity contribution in [1.29, 1.82) is 0 Å². The number of carbonyl (C=O) groups is 1. The Kier molecular flexibility index (Phi) is 3.27. The SMILES string of the molecule is CC1(C)OB(c2cc(F)c(C=O)c(F)c2)OC1(C)C. The minimum atomic E-state index is -0.917. The highest BCUT2D eigenvalue weighted by molar-refractivity contribution is 6.62. The van der Waals surface area contributed by atoms with Crippen LogP contribution in [0.2, 0.25) is 0 Å². The highest BCUT2D eigenvalue weighted by Crippen LogP contribution is 2.36. The second-order valence-electron chi connectivity index (χ2n) is 5.60. The van der Waals surface area contributed by atoms with Gasteiger partial charge in [0.1, 0.15) is 11.6 Å². The third-order valence-corrected chi connectivity index (χ3v) is 3.74. The molecule has 0 unspecified atom stereocenters. The van der Waals surface area contributed by atoms with Crippen LogP contribution in [0.3, 0.4) is 0 Å². The van der Waals surface area contributed by atoms with Gasteiger partial charge in [-0.2, -0.15) is 0 Å². The van der Waals surface area contributed by atoms with Gasteiger partial charge in [0.25, 0.3) is 0 Å². The summed E-state index contributed by atoms with van der Waals surface area (Å²) in [5.41, 5.74) is -1.54. The van der Waals surface area contributed by atoms with Crippen LogP contribution in [0.5, 0.6) is 0 Å². The number of rotatable bonds is 2. The Morgan fingerprint density at radius 1 is 1.05 bits per heavy atom. The van der Waals surface area contributed by atoms with E-state index in [1.54, 1.807) is 0 Å². The zero-order chi connectivity index (χ0) is 14.4. The van der Waals surface area contributed by atoms with Crippen molar-refractivity contribution in [2.24, 2.45) is 0 Å². The van der Waals surface area contributed by atoms with Crippen LogP contribution in [0.25, 0.3) is 0 Å². The van der Waals surface area contributed by atoms with Gasteiger partial charge in [-0.15, -0.1) is 0 Å². The van der Waals surface area contributed by atoms with Crippen molar-refractivity contribution in [3.05, 3.63) is 29.3 Å². The number of benzene rings is 1. The van der Waals surface area contributed by atoms with E-state index in [1.165, 1.54) is 0 Å². The van der Waals surface area contributed by atoms with Crippen molar-refractivity contribution in [3.8, 4) is 0 Å². The van der Waals surface area contributed by atoms with Crippen LogP contribution >= 0.6 is 0 Å². The minimum Gasteiger partial charge on any atom is -0.399 e. The molecule has 0 spiro atoms. The third-order valence-electron chi connectivity index (χ3n) is 3.74. The van der Waals surface area contributed by atoms with Gasteiger partial charge in [0.05, 0.1) is 16.8 Å². The molecule has 6 heteroatoms. The fraction of sp³-hybridized carbons (Fsp3) is 0.462. The first-order chi connectivity index (χ1) is 8.68. The van der Waals surface area contributed by atoms with Crippen LogP contribution in [-0.4, -0.2) is 24.6 Å². The molecule has 0 saturated carbocycles. The summed E-state index contributed by atoms with van der Waals surface area (Å²) in [6.07, 6.45) is 0.151. The molecule has 0 amide bonds. The fourth-order valence-corrected chi connectivity index (χ4v) is 1.83. The van der Waals surface area contributed by atoms with Crippen molar-refractivity contribution >= 4 is 18.9 Å². The van der Waals surface area contributed by atoms with Crippen molar-refractivity contribution in [2.45, 2.75) is 38.9 Å². The number of hydrogen-bond donors (Lipinski definition) is 0. The Labute approximate surface area is 111 Å². The van der Waals surface area contributed by atoms with Gasteiger partial charge in [-0.3, -0.25) is 4.79 Å². The summed E-state index contributed by atoms with van der Waals surface area (Å²) >= 11 is 0. The molecule has 0 aromatic heterocycles. The Hall–Kier alpha value is -1.27. The van der Waals surface area contributed by atoms with Gasteiger partial charge >= 0.3 is 7.12 Å². The van der Waals surface area contributed by atoms with Crippen LogP contribution in [0.1, 0.15) is 38.1 Å². The lowest BCUT2D eigenvalue weighted by Gasteiger charge is -2.32. The van der Waals surface area contributed by atoms with E-state index in [0.717, 1.165) is 12.1 Å². The van der Waals surface area contributed by atoms with Gasteiger partial charge in [-0.05, 0) is 45.3 Å². The molecule has 1 saturated heterocycles. The van der Waals surface area contributed by atoms with E-state index in [4.69, 9.17) is 9.31 Å². The molecule has 19 heavy (non-hydrogen) atoms. The quantitative estimate of drug-likeness (QED) is 0.608. The molecule has 102 valence electrons. The summed E-state index contributed by atoms with van der Waals surface area (Å²) in [6.45, 7) is 7.39. The average molecular weight is 268 g/mol. The molecule has 3 nitrogen and oxygen atoms in total. The van der Waals surface area contributed by atoms with Crippen molar-refractivity contribution < 1.29 is 22.9 Å². The molecular weight excluding hydrogens is 253 g/mol. The van der Waals surface area contributed by atoms with Gasteiger partial charge in [0.15, 0.2) is 6.29 Å². The first kappa shape index (κ1) is 14.2. The van der Waals surface area contributed by atoms with Crippen molar-refractivity contribution in [2.75, 3.05) is 0 Å². The molecule has 1 aromatic carbocycles. The van der Waals surface area contributed by atoms with Gasteiger partial charge in [0, 0.05) is 0 Å². The van der Waals surface area contributed by atoms with Gasteiger partial charge in [-0.25, -0.2) is 8.78 Å². The molecule has 0 N–H and O–H groups in total. The highest BCUT2D eigenvalue weighted by Gasteiger charge is 2.51. The second kappa shape index (κ2) is 4.39. The molecule has 2 rings (SSSR count). The summed E-state index contributed by atoms with van der Waals surface area (Å²) in [6, 6.07) is 2.13. The van der Waals surface area contributed by atoms with E-state index in [2.05, 4.69) is 0 Å². The fourth-order valence-electron chi connectivity index (χ4n) is 1.83. The van der Waals surface area contributed by atoms with Crippen molar-refractivity contribution in [3.63, 3.8) is 0 Å². The predicted octanol–water partition coefficient (Wildman–Crippen LogP) is 2.08. The number of hydrogen-bond acceptors (Lipinski definition) is 3. The molecule has 0 bridgehead atoms. The Morgan fingerprint density at radius 3 is 1.84 bits per heavy atom. The first-order valence-electron chi connectivity index (χ1n) is 5.98. The van der Waals surface area contributed by atoms with E-state index >= 15 is 0 Å². The van der Waals surface area contributed by atoms with Gasteiger partial charge in [0.2, 0.25) is 0 Å². The summed E-state index contributed by atoms with van der Waals surface area (Å²) in [5.74, 6) is -1.83. The van der Waals surface area contributed by atoms with Crippen LogP contribution in [0.4, 0.5) is 8.78 Å². The standard InChI is InChI=1S/C13H15BF2O3/c1-12(2)13(3,4)19-14(18-12)8-5-10(15)9(7-17)11(16)6-8/h5-7H,1-4H3. The molecular formula is C13H15BF2O3. The van der Waals surface area contributed by atoms with E-state index in [0.29, 0.717) is 0 Å². The average Bonchev–Trinajstić information content (AvgIpc) is 2.47. The molecule has 0 aliphatic carbocycles. The Morgan fingerprint density at radius 2 is 1.47 bits per heavy atom. The number of carbonyl (C=O) groups excluding carboxylic acids is 1. The molecule has 0 atom stereocenters. The number of halogens is 2. The zero-order valence-electron chi connectivity index (χ0n) is 11.3. The second-order valence-corrected chi connectivity index (χ2v) is 5.60. The number of aldehydes is 1. The third kappa shape index (κ3) is 2.30. The normalized spacial score (nSPS) is 20.6. The predicted molar refractivity (Wildman–Crippen MR) is 67.5 cm³/mol. The highest BCUT2D eigenvalue weighted by atomic mass is 19.1. The van der Waals surface area contributed by atoms with E-state index in [-0.39, 0.29) is 11.7 Å². The first-order valence-corrected chi connectivity index (χ1v) is 5.98. The zero-order valence-corrected chi connectivity index (χ0v) is 11.3. The van der Waals surface area contributed by atoms with Crippen LogP contribution < -0.4 is 5.46 Å². The van der Waals surface area contributed by atoms with Crippen LogP contribution in [0.15, 0.2) is 12.1 Å². The lowest BCUT2D eigenvalue weighted by atomic mass is 9.78. The Bertz CT molecular complexity index is 490. The summed E-state index contributed by atoms with van der Waals surface area (Å²) < 4.78 is 38.5. The summed E-state index contributed by atoms with van der Waals surface area (Å²) in [4.78, 5) is 10.5. The topological polar surface area (TPSA) is 35.5 Å². The molecule has 1 aromatic rings. The van der Waals surface area contributed by atoms with Crippen LogP contribution in [-0.2, 0) is 9.31 Å². The monoisotopic (exact) mass is 268 g/mol. The molecule has 1 aliphatic rings. The van der Waals surface area contributed by atoms with E-state index < -0.39 is 35.5 Å². The van der Waals surface area contributed by atoms with Crippen molar-refractivity contribution in [1.82, 2.24) is 0 Å². The maximum atomic E-state index is 13.6. The smallest absolute Gasteiger partial charge is 0.399 e. The van der Waals surface area contributed by atoms with Gasteiger partial charge < -0.3 is 9.31 Å². The molecule has 1 heterocycles. The lowest BCUT2D eigenvalue weighted by molar-refractivity contribution is 0.00578. The van der Waals surface area contributed by atoms with E-state index in [9.17, 15) is 13.6 Å². The molecule has 1 fully saturated rings. The lowest BCUT2D eigenvalue weighted by Crippen LogP contribution is -2.41. The maximum Gasteiger partial charge on any atom is 0.495 e. The minimum absolute atomic E-state index is 0.151. The summed E-state index contributed by atoms with van der Waals surface area (Å²) in [5, 5.41) is 0. The largest absolute Gasteiger partial charge is 0.495 e. The van der Waals surface area contributed by atoms with Gasteiger partial charge in [-0.1, -0.05) is 0 Å². The molecule has 1 aliphatic heterocycles. The maximum absolute atomic E-state index is 13.6. The Balaban J connectivity index is 2.38. The molecule has 0 radical (unpaired) electrons.